The lowest BCUT2D eigenvalue weighted by atomic mass is 9.87. The first kappa shape index (κ1) is 17.8. The van der Waals surface area contributed by atoms with Crippen LogP contribution >= 0.6 is 0 Å². The molecule has 0 saturated carbocycles. The summed E-state index contributed by atoms with van der Waals surface area (Å²) < 4.78 is 0. The summed E-state index contributed by atoms with van der Waals surface area (Å²) in [6, 6.07) is 20.1. The SMILES string of the molecule is CC(C)(C)c1ccc([S+](C2=C/C=C/CC\C=C\2)c2ccccc2)cc1. The lowest BCUT2D eigenvalue weighted by Crippen LogP contribution is -2.12. The van der Waals surface area contributed by atoms with Crippen LogP contribution in [0.25, 0.3) is 0 Å². The van der Waals surface area contributed by atoms with E-state index in [0.717, 1.165) is 12.8 Å². The maximum atomic E-state index is 2.32. The minimum absolute atomic E-state index is 0.0685. The molecule has 0 saturated heterocycles. The Morgan fingerprint density at radius 3 is 2.08 bits per heavy atom. The normalized spacial score (nSPS) is 20.7. The van der Waals surface area contributed by atoms with E-state index >= 15 is 0 Å². The highest BCUT2D eigenvalue weighted by atomic mass is 32.2. The monoisotopic (exact) mass is 347 g/mol. The standard InChI is InChI=1S/C24H27S/c1-24(2,3)20-16-18-23(19-17-20)25(22-14-10-7-11-15-22)21-12-8-5-4-6-9-13-21/h5,7-19H,4,6H2,1-3H3/q+1/b8-5+,13-9+,21-12+. The molecule has 1 unspecified atom stereocenters. The van der Waals surface area contributed by atoms with Gasteiger partial charge in [0.05, 0.1) is 10.9 Å². The molecule has 1 aliphatic carbocycles. The van der Waals surface area contributed by atoms with Crippen molar-refractivity contribution < 1.29 is 0 Å². The van der Waals surface area contributed by atoms with E-state index in [1.54, 1.807) is 0 Å². The van der Waals surface area contributed by atoms with Crippen LogP contribution in [0.5, 0.6) is 0 Å². The largest absolute Gasteiger partial charge is 0.166 e. The van der Waals surface area contributed by atoms with E-state index in [1.807, 2.05) is 0 Å². The van der Waals surface area contributed by atoms with E-state index in [4.69, 9.17) is 0 Å². The van der Waals surface area contributed by atoms with Gasteiger partial charge in [0.25, 0.3) is 0 Å². The molecule has 1 aliphatic rings. The summed E-state index contributed by atoms with van der Waals surface area (Å²) in [7, 11) is -0.0685. The average Bonchev–Trinajstić information content (AvgIpc) is 2.57. The highest BCUT2D eigenvalue weighted by molar-refractivity contribution is 8.00. The average molecular weight is 348 g/mol. The van der Waals surface area contributed by atoms with Crippen molar-refractivity contribution in [3.63, 3.8) is 0 Å². The van der Waals surface area contributed by atoms with Crippen LogP contribution in [0.4, 0.5) is 0 Å². The van der Waals surface area contributed by atoms with Crippen molar-refractivity contribution in [2.75, 3.05) is 0 Å². The van der Waals surface area contributed by atoms with Gasteiger partial charge in [0.15, 0.2) is 14.7 Å². The van der Waals surface area contributed by atoms with Gasteiger partial charge >= 0.3 is 0 Å². The number of allylic oxidation sites excluding steroid dienone is 5. The van der Waals surface area contributed by atoms with Crippen LogP contribution in [0, 0.1) is 0 Å². The van der Waals surface area contributed by atoms with E-state index in [2.05, 4.69) is 106 Å². The van der Waals surface area contributed by atoms with Gasteiger partial charge in [-0.1, -0.05) is 69.3 Å². The molecule has 25 heavy (non-hydrogen) atoms. The van der Waals surface area contributed by atoms with Crippen LogP contribution in [0.2, 0.25) is 0 Å². The second kappa shape index (κ2) is 7.93. The third-order valence-corrected chi connectivity index (χ3v) is 6.58. The number of hydrogen-bond acceptors (Lipinski definition) is 0. The fraction of sp³-hybridized carbons (Fsp3) is 0.250. The molecule has 0 aromatic heterocycles. The Hall–Kier alpha value is -1.99. The molecular formula is C24H27S+. The Morgan fingerprint density at radius 1 is 0.760 bits per heavy atom. The summed E-state index contributed by atoms with van der Waals surface area (Å²) >= 11 is 0. The van der Waals surface area contributed by atoms with E-state index in [-0.39, 0.29) is 16.3 Å². The zero-order valence-corrected chi connectivity index (χ0v) is 16.2. The molecule has 0 N–H and O–H groups in total. The molecule has 1 heteroatoms. The van der Waals surface area contributed by atoms with Gasteiger partial charge < -0.3 is 0 Å². The van der Waals surface area contributed by atoms with Gasteiger partial charge in [-0.05, 0) is 60.2 Å². The van der Waals surface area contributed by atoms with Crippen LogP contribution in [-0.2, 0) is 16.3 Å². The quantitative estimate of drug-likeness (QED) is 0.535. The van der Waals surface area contributed by atoms with Crippen molar-refractivity contribution in [2.24, 2.45) is 0 Å². The third kappa shape index (κ3) is 4.55. The van der Waals surface area contributed by atoms with Crippen LogP contribution in [0.3, 0.4) is 0 Å². The fourth-order valence-electron chi connectivity index (χ4n) is 2.90. The molecule has 0 aliphatic heterocycles. The van der Waals surface area contributed by atoms with E-state index in [0.29, 0.717) is 0 Å². The van der Waals surface area contributed by atoms with Gasteiger partial charge in [0.1, 0.15) is 0 Å². The molecule has 0 spiro atoms. The Bertz CT molecular complexity index is 771. The van der Waals surface area contributed by atoms with Crippen molar-refractivity contribution >= 4 is 10.9 Å². The number of rotatable bonds is 3. The van der Waals surface area contributed by atoms with Gasteiger partial charge in [-0.2, -0.15) is 0 Å². The Balaban J connectivity index is 2.05. The van der Waals surface area contributed by atoms with Crippen LogP contribution in [0.15, 0.2) is 99.7 Å². The van der Waals surface area contributed by atoms with Crippen molar-refractivity contribution in [1.29, 1.82) is 0 Å². The lowest BCUT2D eigenvalue weighted by molar-refractivity contribution is 0.589. The summed E-state index contributed by atoms with van der Waals surface area (Å²) in [4.78, 5) is 4.13. The molecule has 0 radical (unpaired) electrons. The minimum atomic E-state index is -0.0685. The first-order valence-electron chi connectivity index (χ1n) is 8.99. The van der Waals surface area contributed by atoms with Crippen molar-refractivity contribution in [2.45, 2.75) is 48.8 Å². The summed E-state index contributed by atoms with van der Waals surface area (Å²) in [5.74, 6) is 0. The predicted molar refractivity (Wildman–Crippen MR) is 111 cm³/mol. The van der Waals surface area contributed by atoms with Crippen LogP contribution in [0.1, 0.15) is 39.2 Å². The molecule has 0 amide bonds. The van der Waals surface area contributed by atoms with Gasteiger partial charge in [0, 0.05) is 0 Å². The van der Waals surface area contributed by atoms with E-state index in [1.165, 1.54) is 20.3 Å². The zero-order valence-electron chi connectivity index (χ0n) is 15.4. The third-order valence-electron chi connectivity index (χ3n) is 4.35. The van der Waals surface area contributed by atoms with Crippen LogP contribution in [-0.4, -0.2) is 0 Å². The van der Waals surface area contributed by atoms with Gasteiger partial charge in [-0.25, -0.2) is 0 Å². The smallest absolute Gasteiger partial charge is 0.0840 e. The fourth-order valence-corrected chi connectivity index (χ4v) is 5.00. The summed E-state index contributed by atoms with van der Waals surface area (Å²) in [6.07, 6.45) is 13.6. The Labute approximate surface area is 155 Å². The molecule has 2 aromatic rings. The second-order valence-corrected chi connectivity index (χ2v) is 9.40. The molecule has 0 nitrogen and oxygen atoms in total. The van der Waals surface area contributed by atoms with Crippen molar-refractivity contribution in [3.05, 3.63) is 95.4 Å². The second-order valence-electron chi connectivity index (χ2n) is 7.37. The Kier molecular flexibility index (Phi) is 5.65. The predicted octanol–water partition coefficient (Wildman–Crippen LogP) is 6.81. The first-order valence-corrected chi connectivity index (χ1v) is 10.2. The van der Waals surface area contributed by atoms with E-state index < -0.39 is 0 Å². The summed E-state index contributed by atoms with van der Waals surface area (Å²) in [5, 5.41) is 0. The first-order chi connectivity index (χ1) is 12.1. The lowest BCUT2D eigenvalue weighted by Gasteiger charge is -2.19. The molecule has 1 atom stereocenters. The minimum Gasteiger partial charge on any atom is -0.0840 e. The number of hydrogen-bond donors (Lipinski definition) is 0. The molecule has 3 rings (SSSR count). The number of benzene rings is 2. The summed E-state index contributed by atoms with van der Waals surface area (Å²) in [6.45, 7) is 6.80. The Morgan fingerprint density at radius 2 is 1.40 bits per heavy atom. The van der Waals surface area contributed by atoms with Gasteiger partial charge in [0.2, 0.25) is 0 Å². The molecule has 0 bridgehead atoms. The molecule has 0 fully saturated rings. The molecule has 0 heterocycles. The topological polar surface area (TPSA) is 0 Å². The maximum absolute atomic E-state index is 2.32. The molecule has 128 valence electrons. The maximum Gasteiger partial charge on any atom is 0.166 e. The molecule has 2 aromatic carbocycles. The van der Waals surface area contributed by atoms with Crippen molar-refractivity contribution in [3.8, 4) is 0 Å². The zero-order chi connectivity index (χ0) is 17.7. The highest BCUT2D eigenvalue weighted by Crippen LogP contribution is 2.33. The van der Waals surface area contributed by atoms with Crippen LogP contribution < -0.4 is 0 Å². The van der Waals surface area contributed by atoms with Gasteiger partial charge in [-0.3, -0.25) is 0 Å². The highest BCUT2D eigenvalue weighted by Gasteiger charge is 2.29. The van der Waals surface area contributed by atoms with Gasteiger partial charge in [-0.15, -0.1) is 0 Å². The summed E-state index contributed by atoms with van der Waals surface area (Å²) in [5.41, 5.74) is 1.57. The molecular weight excluding hydrogens is 320 g/mol. The van der Waals surface area contributed by atoms with E-state index in [9.17, 15) is 0 Å². The van der Waals surface area contributed by atoms with Crippen molar-refractivity contribution in [1.82, 2.24) is 0 Å².